The topological polar surface area (TPSA) is 34.2 Å². The van der Waals surface area contributed by atoms with Crippen molar-refractivity contribution in [1.29, 1.82) is 0 Å². The van der Waals surface area contributed by atoms with Crippen LogP contribution in [0.25, 0.3) is 0 Å². The molecule has 0 amide bonds. The lowest BCUT2D eigenvalue weighted by molar-refractivity contribution is 0.192. The Balaban J connectivity index is 2.62. The fourth-order valence-corrected chi connectivity index (χ4v) is 52.3. The molecule has 2 heterocycles. The third-order valence-corrected chi connectivity index (χ3v) is 39.2. The lowest BCUT2D eigenvalue weighted by atomic mass is 11.8. The molecule has 5 nitrogen and oxygen atoms in total. The summed E-state index contributed by atoms with van der Waals surface area (Å²) in [7, 11) is -15.4. The summed E-state index contributed by atoms with van der Waals surface area (Å²) in [6, 6.07) is 0. The average Bonchev–Trinajstić information content (AvgIpc) is 2.00. The van der Waals surface area contributed by atoms with Gasteiger partial charge in [0.1, 0.15) is 16.5 Å². The Morgan fingerprint density at radius 2 is 0.957 bits per heavy atom. The smallest absolute Gasteiger partial charge is 0.369 e. The Bertz CT molecular complexity index is 463. The molecule has 2 saturated heterocycles. The Hall–Kier alpha value is 2.26. The van der Waals surface area contributed by atoms with Gasteiger partial charge in [0.15, 0.2) is 8.40 Å². The maximum atomic E-state index is 6.35. The highest BCUT2D eigenvalue weighted by Gasteiger charge is 2.82. The molecule has 2 aliphatic heterocycles. The molecule has 0 aliphatic carbocycles. The van der Waals surface area contributed by atoms with E-state index in [0.29, 0.717) is 0 Å². The number of halogens is 4. The van der Waals surface area contributed by atoms with Gasteiger partial charge in [-0.25, -0.2) is 0 Å². The van der Waals surface area contributed by atoms with Crippen molar-refractivity contribution in [3.63, 3.8) is 0 Å². The summed E-state index contributed by atoms with van der Waals surface area (Å²) in [6.45, 7) is 18.3. The lowest BCUT2D eigenvalue weighted by Gasteiger charge is -2.74. The number of hydrogen-bond donors (Lipinski definition) is 0. The van der Waals surface area contributed by atoms with Crippen LogP contribution in [0.4, 0.5) is 0 Å². The third-order valence-electron chi connectivity index (χ3n) is 3.74. The minimum atomic E-state index is -3.47. The Kier molecular flexibility index (Phi) is 5.51. The van der Waals surface area contributed by atoms with Gasteiger partial charge in [0.25, 0.3) is 0 Å². The SMILES string of the molecule is C[Si](C)(C)N1[Si](C)(C)N([Si](C)(C)C)[Si]12O[Si](Cl)(Cl)O[Si](Cl)(Cl)O2. The average molecular weight is 507 g/mol. The molecule has 0 radical (unpaired) electrons. The van der Waals surface area contributed by atoms with Crippen LogP contribution >= 0.6 is 44.3 Å². The van der Waals surface area contributed by atoms with Crippen molar-refractivity contribution in [3.05, 3.63) is 0 Å². The van der Waals surface area contributed by atoms with Crippen LogP contribution in [0.5, 0.6) is 0 Å². The third kappa shape index (κ3) is 3.80. The minimum Gasteiger partial charge on any atom is -0.369 e. The van der Waals surface area contributed by atoms with Crippen LogP contribution < -0.4 is 0 Å². The first-order chi connectivity index (χ1) is 9.85. The minimum absolute atomic E-state index is 1.77. The molecule has 2 fully saturated rings. The molecule has 0 atom stereocenters. The summed E-state index contributed by atoms with van der Waals surface area (Å²) in [6.07, 6.45) is 0. The first kappa shape index (κ1) is 21.6. The molecule has 0 bridgehead atoms. The highest BCUT2D eigenvalue weighted by atomic mass is 35.7. The van der Waals surface area contributed by atoms with Gasteiger partial charge in [0.05, 0.1) is 0 Å². The number of rotatable bonds is 2. The molecule has 0 aromatic carbocycles. The summed E-state index contributed by atoms with van der Waals surface area (Å²) in [5.41, 5.74) is 0. The molecule has 15 heteroatoms. The second-order valence-corrected chi connectivity index (χ2v) is 37.9. The Morgan fingerprint density at radius 1 is 0.652 bits per heavy atom. The predicted molar refractivity (Wildman–Crippen MR) is 112 cm³/mol. The van der Waals surface area contributed by atoms with Crippen LogP contribution in [0.2, 0.25) is 52.4 Å². The van der Waals surface area contributed by atoms with E-state index in [1.807, 2.05) is 0 Å². The predicted octanol–water partition coefficient (Wildman–Crippen LogP) is 4.30. The van der Waals surface area contributed by atoms with Gasteiger partial charge in [-0.1, -0.05) is 83.6 Å². The molecule has 1 spiro atoms. The monoisotopic (exact) mass is 504 g/mol. The fourth-order valence-electron chi connectivity index (χ4n) is 4.03. The highest BCUT2D eigenvalue weighted by Crippen LogP contribution is 2.53. The van der Waals surface area contributed by atoms with E-state index in [-0.39, 0.29) is 0 Å². The molecule has 0 aromatic rings. The van der Waals surface area contributed by atoms with Gasteiger partial charge in [0.2, 0.25) is 0 Å². The zero-order chi connectivity index (χ0) is 18.3. The zero-order valence-electron chi connectivity index (χ0n) is 14.6. The lowest BCUT2D eigenvalue weighted by Crippen LogP contribution is -3.02. The molecular formula is C8H24Cl4N2O3Si6. The molecule has 0 unspecified atom stereocenters. The molecule has 136 valence electrons. The normalized spacial score (nSPS) is 30.3. The van der Waals surface area contributed by atoms with Crippen molar-refractivity contribution in [2.24, 2.45) is 0 Å². The fraction of sp³-hybridized carbons (Fsp3) is 1.00. The molecule has 0 saturated carbocycles. The number of nitrogens with zero attached hydrogens (tertiary/aromatic N) is 2. The van der Waals surface area contributed by atoms with Crippen molar-refractivity contribution in [1.82, 2.24) is 7.79 Å². The quantitative estimate of drug-likeness (QED) is 0.412. The maximum Gasteiger partial charge on any atom is 0.537 e. The van der Waals surface area contributed by atoms with Gasteiger partial charge in [-0.05, 0) is 13.1 Å². The molecule has 0 aromatic heterocycles. The van der Waals surface area contributed by atoms with Crippen LogP contribution in [0, 0.1) is 0 Å². The van der Waals surface area contributed by atoms with Crippen molar-refractivity contribution in [3.8, 4) is 0 Å². The van der Waals surface area contributed by atoms with E-state index in [1.165, 1.54) is 0 Å². The van der Waals surface area contributed by atoms with Crippen LogP contribution in [-0.2, 0) is 12.3 Å². The van der Waals surface area contributed by atoms with Crippen molar-refractivity contribution < 1.29 is 12.3 Å². The van der Waals surface area contributed by atoms with Crippen molar-refractivity contribution in [2.45, 2.75) is 52.4 Å². The van der Waals surface area contributed by atoms with Crippen molar-refractivity contribution >= 4 is 92.4 Å². The molecule has 23 heavy (non-hydrogen) atoms. The van der Waals surface area contributed by atoms with E-state index in [2.05, 4.69) is 60.2 Å². The Labute approximate surface area is 164 Å². The summed E-state index contributed by atoms with van der Waals surface area (Å²) >= 11 is 25.4. The van der Waals surface area contributed by atoms with Gasteiger partial charge in [0, 0.05) is 0 Å². The van der Waals surface area contributed by atoms with Gasteiger partial charge >= 0.3 is 23.2 Å². The summed E-state index contributed by atoms with van der Waals surface area (Å²) in [5.74, 6) is 0. The summed E-state index contributed by atoms with van der Waals surface area (Å²) in [5, 5.41) is 0. The van der Waals surface area contributed by atoms with E-state index in [4.69, 9.17) is 56.7 Å². The second kappa shape index (κ2) is 5.88. The molecule has 2 aliphatic rings. The van der Waals surface area contributed by atoms with E-state index < -0.39 is 48.1 Å². The van der Waals surface area contributed by atoms with Gasteiger partial charge in [-0.2, -0.15) is 0 Å². The van der Waals surface area contributed by atoms with Gasteiger partial charge in [-0.15, -0.1) is 0 Å². The van der Waals surface area contributed by atoms with Crippen LogP contribution in [0.3, 0.4) is 0 Å². The first-order valence-corrected chi connectivity index (χ1v) is 26.5. The highest BCUT2D eigenvalue weighted by molar-refractivity contribution is 7.51. The van der Waals surface area contributed by atoms with Gasteiger partial charge in [-0.3, -0.25) is 0 Å². The van der Waals surface area contributed by atoms with E-state index in [1.54, 1.807) is 0 Å². The second-order valence-electron chi connectivity index (χ2n) is 8.29. The largest absolute Gasteiger partial charge is 0.537 e. The van der Waals surface area contributed by atoms with E-state index >= 15 is 0 Å². The Morgan fingerprint density at radius 3 is 1.22 bits per heavy atom. The zero-order valence-corrected chi connectivity index (χ0v) is 23.7. The van der Waals surface area contributed by atoms with E-state index in [0.717, 1.165) is 0 Å². The number of hydrogen-bond acceptors (Lipinski definition) is 5. The van der Waals surface area contributed by atoms with Gasteiger partial charge < -0.3 is 20.1 Å². The standard InChI is InChI=1S/C8H24Cl4N2O3Si6/c1-18(2,3)13-20(7,8)14(19(4,5)6)23(13)16-21(9,10)15-22(11,12)17-23/h1-8H3. The summed E-state index contributed by atoms with van der Waals surface area (Å²) < 4.78 is 22.9. The molecule has 2 rings (SSSR count). The van der Waals surface area contributed by atoms with Crippen LogP contribution in [0.1, 0.15) is 0 Å². The van der Waals surface area contributed by atoms with Crippen LogP contribution in [0.15, 0.2) is 0 Å². The van der Waals surface area contributed by atoms with E-state index in [9.17, 15) is 0 Å². The molecule has 0 N–H and O–H groups in total. The first-order valence-electron chi connectivity index (χ1n) is 7.32. The molecular weight excluding hydrogens is 482 g/mol. The maximum absolute atomic E-state index is 6.35. The van der Waals surface area contributed by atoms with Crippen molar-refractivity contribution in [2.75, 3.05) is 0 Å². The van der Waals surface area contributed by atoms with Crippen LogP contribution in [-0.4, -0.2) is 55.9 Å². The summed E-state index contributed by atoms with van der Waals surface area (Å²) in [4.78, 5) is 0.